The first kappa shape index (κ1) is 14.7. The molecule has 2 aromatic rings. The van der Waals surface area contributed by atoms with E-state index in [2.05, 4.69) is 10.6 Å². The molecular formula is C15H14FN3O2. The lowest BCUT2D eigenvalue weighted by molar-refractivity contribution is -0.114. The van der Waals surface area contributed by atoms with Crippen LogP contribution in [0.25, 0.3) is 0 Å². The Balaban J connectivity index is 2.17. The van der Waals surface area contributed by atoms with Crippen LogP contribution in [0.2, 0.25) is 0 Å². The van der Waals surface area contributed by atoms with Crippen LogP contribution in [-0.2, 0) is 4.79 Å². The number of nitrogens with two attached hydrogens (primary N) is 1. The quantitative estimate of drug-likeness (QED) is 0.804. The summed E-state index contributed by atoms with van der Waals surface area (Å²) in [5.74, 6) is -1.18. The molecule has 2 rings (SSSR count). The molecule has 2 amide bonds. The molecule has 0 fully saturated rings. The molecular weight excluding hydrogens is 273 g/mol. The van der Waals surface area contributed by atoms with E-state index < -0.39 is 11.7 Å². The number of para-hydroxylation sites is 2. The summed E-state index contributed by atoms with van der Waals surface area (Å²) < 4.78 is 12.8. The van der Waals surface area contributed by atoms with Crippen LogP contribution < -0.4 is 16.4 Å². The SMILES string of the molecule is NCC(=O)Nc1ccccc1NC(=O)c1ccc(F)cc1. The van der Waals surface area contributed by atoms with Gasteiger partial charge in [-0.3, -0.25) is 9.59 Å². The standard InChI is InChI=1S/C15H14FN3O2/c16-11-7-5-10(6-8-11)15(21)19-13-4-2-1-3-12(13)18-14(20)9-17/h1-8H,9,17H2,(H,18,20)(H,19,21). The second-order valence-electron chi connectivity index (χ2n) is 4.26. The molecule has 0 radical (unpaired) electrons. The van der Waals surface area contributed by atoms with Crippen molar-refractivity contribution in [3.05, 3.63) is 59.9 Å². The molecule has 0 aromatic heterocycles. The number of amides is 2. The maximum absolute atomic E-state index is 12.8. The zero-order valence-corrected chi connectivity index (χ0v) is 11.1. The van der Waals surface area contributed by atoms with Gasteiger partial charge >= 0.3 is 0 Å². The van der Waals surface area contributed by atoms with E-state index in [0.717, 1.165) is 0 Å². The molecule has 108 valence electrons. The van der Waals surface area contributed by atoms with Crippen molar-refractivity contribution >= 4 is 23.2 Å². The number of carbonyl (C=O) groups is 2. The topological polar surface area (TPSA) is 84.2 Å². The summed E-state index contributed by atoms with van der Waals surface area (Å²) >= 11 is 0. The van der Waals surface area contributed by atoms with E-state index in [9.17, 15) is 14.0 Å². The highest BCUT2D eigenvalue weighted by molar-refractivity contribution is 6.07. The Kier molecular flexibility index (Phi) is 4.63. The summed E-state index contributed by atoms with van der Waals surface area (Å²) in [7, 11) is 0. The number of hydrogen-bond donors (Lipinski definition) is 3. The van der Waals surface area contributed by atoms with Crippen molar-refractivity contribution in [2.75, 3.05) is 17.2 Å². The summed E-state index contributed by atoms with van der Waals surface area (Å²) in [6.07, 6.45) is 0. The highest BCUT2D eigenvalue weighted by Gasteiger charge is 2.10. The molecule has 6 heteroatoms. The smallest absolute Gasteiger partial charge is 0.255 e. The van der Waals surface area contributed by atoms with Gasteiger partial charge in [-0.2, -0.15) is 0 Å². The molecule has 0 aliphatic carbocycles. The fourth-order valence-electron chi connectivity index (χ4n) is 1.70. The Morgan fingerprint density at radius 2 is 1.52 bits per heavy atom. The lowest BCUT2D eigenvalue weighted by Gasteiger charge is -2.11. The third kappa shape index (κ3) is 3.87. The molecule has 0 heterocycles. The van der Waals surface area contributed by atoms with Crippen molar-refractivity contribution in [3.63, 3.8) is 0 Å². The summed E-state index contributed by atoms with van der Waals surface area (Å²) in [5.41, 5.74) is 6.44. The van der Waals surface area contributed by atoms with Gasteiger partial charge in [-0.25, -0.2) is 4.39 Å². The summed E-state index contributed by atoms with van der Waals surface area (Å²) in [4.78, 5) is 23.4. The minimum absolute atomic E-state index is 0.153. The minimum atomic E-state index is -0.415. The number of benzene rings is 2. The Morgan fingerprint density at radius 1 is 0.952 bits per heavy atom. The van der Waals surface area contributed by atoms with E-state index >= 15 is 0 Å². The zero-order valence-electron chi connectivity index (χ0n) is 11.1. The first-order chi connectivity index (χ1) is 10.1. The van der Waals surface area contributed by atoms with Gasteiger partial charge < -0.3 is 16.4 Å². The van der Waals surface area contributed by atoms with E-state index in [0.29, 0.717) is 16.9 Å². The fourth-order valence-corrected chi connectivity index (χ4v) is 1.70. The highest BCUT2D eigenvalue weighted by Crippen LogP contribution is 2.21. The normalized spacial score (nSPS) is 10.0. The maximum atomic E-state index is 12.8. The van der Waals surface area contributed by atoms with Crippen molar-refractivity contribution < 1.29 is 14.0 Å². The number of hydrogen-bond acceptors (Lipinski definition) is 3. The molecule has 0 atom stereocenters. The first-order valence-corrected chi connectivity index (χ1v) is 6.26. The average Bonchev–Trinajstić information content (AvgIpc) is 2.49. The number of halogens is 1. The number of carbonyl (C=O) groups excluding carboxylic acids is 2. The second-order valence-corrected chi connectivity index (χ2v) is 4.26. The van der Waals surface area contributed by atoms with Crippen molar-refractivity contribution in [2.45, 2.75) is 0 Å². The molecule has 0 unspecified atom stereocenters. The van der Waals surface area contributed by atoms with Crippen molar-refractivity contribution in [2.24, 2.45) is 5.73 Å². The second kappa shape index (κ2) is 6.62. The molecule has 0 spiro atoms. The van der Waals surface area contributed by atoms with E-state index in [1.165, 1.54) is 24.3 Å². The Morgan fingerprint density at radius 3 is 2.10 bits per heavy atom. The predicted molar refractivity (Wildman–Crippen MR) is 78.5 cm³/mol. The highest BCUT2D eigenvalue weighted by atomic mass is 19.1. The Labute approximate surface area is 121 Å². The van der Waals surface area contributed by atoms with Gasteiger partial charge in [-0.1, -0.05) is 12.1 Å². The van der Waals surface area contributed by atoms with Crippen LogP contribution >= 0.6 is 0 Å². The molecule has 4 N–H and O–H groups in total. The molecule has 21 heavy (non-hydrogen) atoms. The Bertz CT molecular complexity index is 656. The van der Waals surface area contributed by atoms with Gasteiger partial charge in [0, 0.05) is 5.56 Å². The zero-order chi connectivity index (χ0) is 15.2. The third-order valence-electron chi connectivity index (χ3n) is 2.74. The van der Waals surface area contributed by atoms with Crippen molar-refractivity contribution in [1.29, 1.82) is 0 Å². The maximum Gasteiger partial charge on any atom is 0.255 e. The first-order valence-electron chi connectivity index (χ1n) is 6.26. The molecule has 0 aliphatic rings. The van der Waals surface area contributed by atoms with Crippen LogP contribution in [0, 0.1) is 5.82 Å². The van der Waals surface area contributed by atoms with Crippen molar-refractivity contribution in [3.8, 4) is 0 Å². The largest absolute Gasteiger partial charge is 0.323 e. The fraction of sp³-hybridized carbons (Fsp3) is 0.0667. The van der Waals surface area contributed by atoms with E-state index in [1.54, 1.807) is 24.3 Å². The minimum Gasteiger partial charge on any atom is -0.323 e. The van der Waals surface area contributed by atoms with Crippen LogP contribution in [0.1, 0.15) is 10.4 Å². The molecule has 0 saturated heterocycles. The molecule has 0 saturated carbocycles. The molecule has 2 aromatic carbocycles. The van der Waals surface area contributed by atoms with Crippen LogP contribution in [0.15, 0.2) is 48.5 Å². The number of anilines is 2. The van der Waals surface area contributed by atoms with Gasteiger partial charge in [0.25, 0.3) is 5.91 Å². The lowest BCUT2D eigenvalue weighted by atomic mass is 10.2. The van der Waals surface area contributed by atoms with Crippen molar-refractivity contribution in [1.82, 2.24) is 0 Å². The molecule has 5 nitrogen and oxygen atoms in total. The van der Waals surface area contributed by atoms with Gasteiger partial charge in [0.05, 0.1) is 17.9 Å². The van der Waals surface area contributed by atoms with Crippen LogP contribution in [0.4, 0.5) is 15.8 Å². The van der Waals surface area contributed by atoms with E-state index in [-0.39, 0.29) is 12.5 Å². The lowest BCUT2D eigenvalue weighted by Crippen LogP contribution is -2.23. The van der Waals surface area contributed by atoms with Crippen LogP contribution in [0.5, 0.6) is 0 Å². The Hall–Kier alpha value is -2.73. The summed E-state index contributed by atoms with van der Waals surface area (Å²) in [6, 6.07) is 11.9. The monoisotopic (exact) mass is 287 g/mol. The van der Waals surface area contributed by atoms with E-state index in [1.807, 2.05) is 0 Å². The van der Waals surface area contributed by atoms with Gasteiger partial charge in [0.2, 0.25) is 5.91 Å². The summed E-state index contributed by atoms with van der Waals surface area (Å²) in [5, 5.41) is 5.25. The average molecular weight is 287 g/mol. The van der Waals surface area contributed by atoms with E-state index in [4.69, 9.17) is 5.73 Å². The van der Waals surface area contributed by atoms with Crippen LogP contribution in [-0.4, -0.2) is 18.4 Å². The van der Waals surface area contributed by atoms with Gasteiger partial charge in [0.1, 0.15) is 5.82 Å². The van der Waals surface area contributed by atoms with Gasteiger partial charge in [0.15, 0.2) is 0 Å². The number of rotatable bonds is 4. The molecule has 0 aliphatic heterocycles. The number of nitrogens with one attached hydrogen (secondary N) is 2. The third-order valence-corrected chi connectivity index (χ3v) is 2.74. The van der Waals surface area contributed by atoms with Gasteiger partial charge in [-0.05, 0) is 36.4 Å². The molecule has 0 bridgehead atoms. The van der Waals surface area contributed by atoms with Gasteiger partial charge in [-0.15, -0.1) is 0 Å². The predicted octanol–water partition coefficient (Wildman–Crippen LogP) is 1.98. The summed E-state index contributed by atoms with van der Waals surface area (Å²) in [6.45, 7) is -0.153. The van der Waals surface area contributed by atoms with Crippen LogP contribution in [0.3, 0.4) is 0 Å².